The Labute approximate surface area is 84.4 Å². The summed E-state index contributed by atoms with van der Waals surface area (Å²) in [4.78, 5) is 28.9. The summed E-state index contributed by atoms with van der Waals surface area (Å²) < 4.78 is 4.61. The number of hydrogen-bond acceptors (Lipinski definition) is 4. The quantitative estimate of drug-likeness (QED) is 0.567. The van der Waals surface area contributed by atoms with Crippen molar-refractivity contribution in [3.05, 3.63) is 36.3 Å². The zero-order chi connectivity index (χ0) is 11.7. The average Bonchev–Trinajstić information content (AvgIpc) is 2.68. The van der Waals surface area contributed by atoms with E-state index in [4.69, 9.17) is 10.2 Å². The van der Waals surface area contributed by atoms with Crippen molar-refractivity contribution in [2.45, 2.75) is 0 Å². The molecule has 80 valence electrons. The molecule has 0 saturated heterocycles. The highest BCUT2D eigenvalue weighted by atomic mass is 16.4. The largest absolute Gasteiger partial charge is 0.478 e. The van der Waals surface area contributed by atoms with E-state index in [2.05, 4.69) is 4.42 Å². The monoisotopic (exact) mass is 212 g/mol. The molecule has 0 spiro atoms. The zero-order valence-corrected chi connectivity index (χ0v) is 7.49. The summed E-state index contributed by atoms with van der Waals surface area (Å²) in [5, 5.41) is 15.6. The molecule has 1 heterocycles. The van der Waals surface area contributed by atoms with Crippen molar-refractivity contribution in [1.82, 2.24) is 0 Å². The van der Waals surface area contributed by atoms with Gasteiger partial charge in [-0.2, -0.15) is 0 Å². The Kier molecular flexibility index (Phi) is 5.96. The summed E-state index contributed by atoms with van der Waals surface area (Å²) in [5.74, 6) is -2.14. The lowest BCUT2D eigenvalue weighted by Crippen LogP contribution is -1.91. The number of rotatable bonds is 3. The molecule has 0 aromatic carbocycles. The van der Waals surface area contributed by atoms with Crippen LogP contribution < -0.4 is 0 Å². The molecule has 0 aliphatic rings. The predicted octanol–water partition coefficient (Wildman–Crippen LogP) is 0.804. The first-order valence-corrected chi connectivity index (χ1v) is 3.69. The fourth-order valence-electron chi connectivity index (χ4n) is 0.501. The topological polar surface area (TPSA) is 105 Å². The molecule has 6 heteroatoms. The lowest BCUT2D eigenvalue weighted by atomic mass is 10.5. The first-order chi connectivity index (χ1) is 7.06. The Morgan fingerprint density at radius 3 is 1.93 bits per heavy atom. The van der Waals surface area contributed by atoms with E-state index in [9.17, 15) is 14.4 Å². The minimum absolute atomic E-state index is 0.375. The Morgan fingerprint density at radius 1 is 1.20 bits per heavy atom. The summed E-state index contributed by atoms with van der Waals surface area (Å²) in [6.45, 7) is 0. The fraction of sp³-hybridized carbons (Fsp3) is 0. The van der Waals surface area contributed by atoms with Crippen LogP contribution in [0, 0.1) is 0 Å². The molecule has 0 saturated carbocycles. The number of carbonyl (C=O) groups excluding carboxylic acids is 1. The fourth-order valence-corrected chi connectivity index (χ4v) is 0.501. The minimum Gasteiger partial charge on any atom is -0.478 e. The smallest absolute Gasteiger partial charge is 0.328 e. The van der Waals surface area contributed by atoms with E-state index in [1.165, 1.54) is 6.26 Å². The zero-order valence-electron chi connectivity index (χ0n) is 7.49. The Balaban J connectivity index is 0.000000262. The third-order valence-electron chi connectivity index (χ3n) is 1.03. The van der Waals surface area contributed by atoms with Gasteiger partial charge in [0.2, 0.25) is 0 Å². The molecule has 0 radical (unpaired) electrons. The normalized spacial score (nSPS) is 9.07. The van der Waals surface area contributed by atoms with Crippen LogP contribution in [0.4, 0.5) is 0 Å². The van der Waals surface area contributed by atoms with Crippen LogP contribution in [0.15, 0.2) is 35.0 Å². The second-order valence-corrected chi connectivity index (χ2v) is 2.14. The van der Waals surface area contributed by atoms with Gasteiger partial charge in [-0.05, 0) is 12.1 Å². The van der Waals surface area contributed by atoms with Crippen molar-refractivity contribution in [2.24, 2.45) is 0 Å². The Bertz CT molecular complexity index is 333. The van der Waals surface area contributed by atoms with Crippen molar-refractivity contribution in [1.29, 1.82) is 0 Å². The maximum atomic E-state index is 9.77. The minimum atomic E-state index is -1.26. The Morgan fingerprint density at radius 2 is 1.73 bits per heavy atom. The first-order valence-electron chi connectivity index (χ1n) is 3.69. The predicted molar refractivity (Wildman–Crippen MR) is 48.5 cm³/mol. The van der Waals surface area contributed by atoms with Crippen LogP contribution in [0.3, 0.4) is 0 Å². The third-order valence-corrected chi connectivity index (χ3v) is 1.03. The van der Waals surface area contributed by atoms with Gasteiger partial charge in [-0.25, -0.2) is 9.59 Å². The van der Waals surface area contributed by atoms with Gasteiger partial charge in [0.1, 0.15) is 0 Å². The molecule has 15 heavy (non-hydrogen) atoms. The third kappa shape index (κ3) is 7.97. The molecule has 1 aromatic rings. The summed E-state index contributed by atoms with van der Waals surface area (Å²) in [7, 11) is 0. The van der Waals surface area contributed by atoms with E-state index >= 15 is 0 Å². The number of carbonyl (C=O) groups is 3. The molecule has 1 rings (SSSR count). The molecule has 2 N–H and O–H groups in total. The van der Waals surface area contributed by atoms with Gasteiger partial charge < -0.3 is 14.6 Å². The highest BCUT2D eigenvalue weighted by molar-refractivity contribution is 5.89. The van der Waals surface area contributed by atoms with E-state index in [0.717, 1.165) is 0 Å². The van der Waals surface area contributed by atoms with Crippen LogP contribution in [-0.4, -0.2) is 28.4 Å². The number of aldehydes is 1. The van der Waals surface area contributed by atoms with Gasteiger partial charge in [0.15, 0.2) is 12.0 Å². The molecule has 6 nitrogen and oxygen atoms in total. The van der Waals surface area contributed by atoms with E-state index < -0.39 is 11.9 Å². The van der Waals surface area contributed by atoms with Crippen molar-refractivity contribution < 1.29 is 29.0 Å². The summed E-state index contributed by atoms with van der Waals surface area (Å²) in [5.41, 5.74) is 0. The van der Waals surface area contributed by atoms with Gasteiger partial charge in [0.25, 0.3) is 0 Å². The highest BCUT2D eigenvalue weighted by Crippen LogP contribution is 1.92. The maximum absolute atomic E-state index is 9.77. The van der Waals surface area contributed by atoms with Gasteiger partial charge in [-0.1, -0.05) is 0 Å². The summed E-state index contributed by atoms with van der Waals surface area (Å²) >= 11 is 0. The SMILES string of the molecule is O=C(O)C=CC(=O)O.O=Cc1ccco1. The standard InChI is InChI=1S/C5H4O2.C4H4O4/c6-4-5-2-1-3-7-5;5-3(6)1-2-4(7)8/h1-4H;1-2H,(H,5,6)(H,7,8). The molecule has 0 aliphatic carbocycles. The van der Waals surface area contributed by atoms with E-state index in [1.54, 1.807) is 12.1 Å². The first kappa shape index (κ1) is 12.6. The van der Waals surface area contributed by atoms with E-state index in [1.807, 2.05) is 0 Å². The van der Waals surface area contributed by atoms with Crippen LogP contribution >= 0.6 is 0 Å². The van der Waals surface area contributed by atoms with Gasteiger partial charge in [-0.3, -0.25) is 4.79 Å². The molecular formula is C9H8O6. The van der Waals surface area contributed by atoms with E-state index in [0.29, 0.717) is 24.2 Å². The van der Waals surface area contributed by atoms with Crippen molar-refractivity contribution in [2.75, 3.05) is 0 Å². The van der Waals surface area contributed by atoms with Gasteiger partial charge in [0, 0.05) is 12.2 Å². The number of carboxylic acids is 2. The van der Waals surface area contributed by atoms with Crippen LogP contribution in [0.2, 0.25) is 0 Å². The second kappa shape index (κ2) is 7.07. The molecule has 0 bridgehead atoms. The maximum Gasteiger partial charge on any atom is 0.328 e. The van der Waals surface area contributed by atoms with Gasteiger partial charge in [-0.15, -0.1) is 0 Å². The van der Waals surface area contributed by atoms with Gasteiger partial charge in [0.05, 0.1) is 6.26 Å². The second-order valence-electron chi connectivity index (χ2n) is 2.14. The van der Waals surface area contributed by atoms with Crippen LogP contribution in [0.1, 0.15) is 10.6 Å². The lowest BCUT2D eigenvalue weighted by Gasteiger charge is -1.74. The molecule has 0 amide bonds. The van der Waals surface area contributed by atoms with Crippen molar-refractivity contribution in [3.63, 3.8) is 0 Å². The van der Waals surface area contributed by atoms with Crippen LogP contribution in [0.5, 0.6) is 0 Å². The molecular weight excluding hydrogens is 204 g/mol. The number of furan rings is 1. The number of aliphatic carboxylic acids is 2. The number of carboxylic acid groups (broad SMARTS) is 2. The number of hydrogen-bond donors (Lipinski definition) is 2. The molecule has 1 aromatic heterocycles. The van der Waals surface area contributed by atoms with Crippen molar-refractivity contribution in [3.8, 4) is 0 Å². The molecule has 0 unspecified atom stereocenters. The average molecular weight is 212 g/mol. The van der Waals surface area contributed by atoms with Crippen molar-refractivity contribution >= 4 is 18.2 Å². The van der Waals surface area contributed by atoms with Gasteiger partial charge >= 0.3 is 11.9 Å². The molecule has 0 aliphatic heterocycles. The van der Waals surface area contributed by atoms with E-state index in [-0.39, 0.29) is 0 Å². The summed E-state index contributed by atoms with van der Waals surface area (Å²) in [6.07, 6.45) is 3.24. The highest BCUT2D eigenvalue weighted by Gasteiger charge is 1.88. The molecule has 0 fully saturated rings. The lowest BCUT2D eigenvalue weighted by molar-refractivity contribution is -0.134. The molecule has 0 atom stereocenters. The van der Waals surface area contributed by atoms with Crippen LogP contribution in [0.25, 0.3) is 0 Å². The van der Waals surface area contributed by atoms with Crippen LogP contribution in [-0.2, 0) is 9.59 Å². The Hall–Kier alpha value is -2.37. The summed E-state index contributed by atoms with van der Waals surface area (Å²) in [6, 6.07) is 3.27.